The Hall–Kier alpha value is -3.04. The maximum Gasteiger partial charge on any atom is 0.323 e. The number of benzene rings is 2. The second-order valence-corrected chi connectivity index (χ2v) is 8.81. The summed E-state index contributed by atoms with van der Waals surface area (Å²) in [6.07, 6.45) is 0.936. The Morgan fingerprint density at radius 1 is 1.19 bits per heavy atom. The van der Waals surface area contributed by atoms with E-state index in [2.05, 4.69) is 5.32 Å². The fraction of sp³-hybridized carbons (Fsp3) is 0.348. The maximum atomic E-state index is 13.3. The van der Waals surface area contributed by atoms with E-state index in [9.17, 15) is 23.7 Å². The number of ether oxygens (including phenoxy) is 1. The van der Waals surface area contributed by atoms with Gasteiger partial charge in [-0.2, -0.15) is 0 Å². The summed E-state index contributed by atoms with van der Waals surface area (Å²) in [4.78, 5) is 38.8. The Morgan fingerprint density at radius 3 is 2.56 bits per heavy atom. The predicted octanol–water partition coefficient (Wildman–Crippen LogP) is 1.75. The van der Waals surface area contributed by atoms with Crippen molar-refractivity contribution in [3.05, 3.63) is 60.2 Å². The number of fused-ring (bicyclic) bond motifs is 1. The summed E-state index contributed by atoms with van der Waals surface area (Å²) in [6, 6.07) is 14.3. The van der Waals surface area contributed by atoms with Crippen molar-refractivity contribution in [1.29, 1.82) is 0 Å². The van der Waals surface area contributed by atoms with E-state index in [0.29, 0.717) is 23.4 Å². The van der Waals surface area contributed by atoms with Crippen LogP contribution >= 0.6 is 0 Å². The van der Waals surface area contributed by atoms with Gasteiger partial charge in [0.15, 0.2) is 0 Å². The van der Waals surface area contributed by atoms with Gasteiger partial charge in [0.1, 0.15) is 12.6 Å². The molecule has 0 bridgehead atoms. The van der Waals surface area contributed by atoms with Gasteiger partial charge in [-0.3, -0.25) is 28.8 Å². The first kappa shape index (κ1) is 23.6. The topological polar surface area (TPSA) is 113 Å². The molecule has 0 spiro atoms. The van der Waals surface area contributed by atoms with E-state index < -0.39 is 47.3 Å². The minimum Gasteiger partial charge on any atom is -0.480 e. The predicted molar refractivity (Wildman–Crippen MR) is 120 cm³/mol. The molecule has 1 aliphatic rings. The fourth-order valence-corrected chi connectivity index (χ4v) is 4.98. The molecule has 0 aromatic heterocycles. The summed E-state index contributed by atoms with van der Waals surface area (Å²) in [7, 11) is -1.56. The van der Waals surface area contributed by atoms with E-state index in [4.69, 9.17) is 4.74 Å². The number of carbonyl (C=O) groups excluding carboxylic acids is 2. The van der Waals surface area contributed by atoms with E-state index in [-0.39, 0.29) is 12.4 Å². The second-order valence-electron chi connectivity index (χ2n) is 7.35. The van der Waals surface area contributed by atoms with E-state index in [1.54, 1.807) is 31.2 Å². The van der Waals surface area contributed by atoms with Crippen molar-refractivity contribution in [2.24, 2.45) is 0 Å². The molecule has 2 N–H and O–H groups in total. The Bertz CT molecular complexity index is 997. The van der Waals surface area contributed by atoms with Crippen molar-refractivity contribution in [2.45, 2.75) is 36.7 Å². The standard InChI is InChI=1S/C23H26N2O6S/c1-2-31-23(29)17(13-12-16-8-4-3-5-9-16)24-18-15-32(30)20-11-7-6-10-19(20)25(22(18)28)14-21(26)27/h3-11,17-18,24H,2,12-15H2,1H3,(H,26,27)/t17-,18-,32?/m0/s1. The quantitative estimate of drug-likeness (QED) is 0.551. The highest BCUT2D eigenvalue weighted by molar-refractivity contribution is 7.85. The molecule has 3 atom stereocenters. The van der Waals surface area contributed by atoms with Crippen LogP contribution in [0.1, 0.15) is 18.9 Å². The smallest absolute Gasteiger partial charge is 0.323 e. The van der Waals surface area contributed by atoms with Gasteiger partial charge in [-0.15, -0.1) is 0 Å². The van der Waals surface area contributed by atoms with E-state index >= 15 is 0 Å². The van der Waals surface area contributed by atoms with Crippen LogP contribution < -0.4 is 10.2 Å². The van der Waals surface area contributed by atoms with Crippen molar-refractivity contribution in [1.82, 2.24) is 5.32 Å². The maximum absolute atomic E-state index is 13.3. The fourth-order valence-electron chi connectivity index (χ4n) is 3.62. The molecular formula is C23H26N2O6S. The molecular weight excluding hydrogens is 432 g/mol. The van der Waals surface area contributed by atoms with Gasteiger partial charge in [0, 0.05) is 0 Å². The van der Waals surface area contributed by atoms with E-state index in [0.717, 1.165) is 10.5 Å². The number of carboxylic acids is 1. The Morgan fingerprint density at radius 2 is 1.88 bits per heavy atom. The summed E-state index contributed by atoms with van der Waals surface area (Å²) >= 11 is 0. The van der Waals surface area contributed by atoms with Crippen LogP contribution in [0.3, 0.4) is 0 Å². The summed E-state index contributed by atoms with van der Waals surface area (Å²) in [5.41, 5.74) is 1.33. The zero-order valence-electron chi connectivity index (χ0n) is 17.7. The number of aliphatic carboxylic acids is 1. The van der Waals surface area contributed by atoms with Gasteiger partial charge in [-0.05, 0) is 37.5 Å². The van der Waals surface area contributed by atoms with Gasteiger partial charge in [0.2, 0.25) is 5.91 Å². The molecule has 170 valence electrons. The third-order valence-corrected chi connectivity index (χ3v) is 6.59. The molecule has 3 rings (SSSR count). The number of nitrogens with one attached hydrogen (secondary N) is 1. The molecule has 1 aliphatic heterocycles. The number of rotatable bonds is 9. The van der Waals surface area contributed by atoms with Crippen LogP contribution in [0.15, 0.2) is 59.5 Å². The summed E-state index contributed by atoms with van der Waals surface area (Å²) in [5.74, 6) is -2.31. The number of nitrogens with zero attached hydrogens (tertiary/aromatic N) is 1. The average Bonchev–Trinajstić information content (AvgIpc) is 2.88. The number of carbonyl (C=O) groups is 3. The first-order chi connectivity index (χ1) is 15.4. The number of anilines is 1. The molecule has 8 nitrogen and oxygen atoms in total. The third-order valence-electron chi connectivity index (χ3n) is 5.11. The molecule has 9 heteroatoms. The van der Waals surface area contributed by atoms with Crippen LogP contribution in [-0.2, 0) is 36.3 Å². The van der Waals surface area contributed by atoms with Gasteiger partial charge >= 0.3 is 11.9 Å². The first-order valence-corrected chi connectivity index (χ1v) is 11.7. The monoisotopic (exact) mass is 458 g/mol. The molecule has 0 radical (unpaired) electrons. The SMILES string of the molecule is CCOC(=O)[C@H](CCc1ccccc1)N[C@H]1CS(=O)c2ccccc2N(CC(=O)O)C1=O. The largest absolute Gasteiger partial charge is 0.480 e. The van der Waals surface area contributed by atoms with Gasteiger partial charge in [0.05, 0.1) is 39.8 Å². The highest BCUT2D eigenvalue weighted by Crippen LogP contribution is 2.28. The summed E-state index contributed by atoms with van der Waals surface area (Å²) < 4.78 is 18.2. The van der Waals surface area contributed by atoms with Gasteiger partial charge in [0.25, 0.3) is 0 Å². The van der Waals surface area contributed by atoms with Gasteiger partial charge < -0.3 is 9.84 Å². The Labute approximate surface area is 189 Å². The number of hydrogen-bond donors (Lipinski definition) is 2. The number of aryl methyl sites for hydroxylation is 1. The molecule has 32 heavy (non-hydrogen) atoms. The van der Waals surface area contributed by atoms with Crippen molar-refractivity contribution in [2.75, 3.05) is 23.8 Å². The van der Waals surface area contributed by atoms with Crippen LogP contribution in [0, 0.1) is 0 Å². The lowest BCUT2D eigenvalue weighted by Gasteiger charge is -2.27. The lowest BCUT2D eigenvalue weighted by molar-refractivity contribution is -0.146. The van der Waals surface area contributed by atoms with E-state index in [1.807, 2.05) is 30.3 Å². The first-order valence-electron chi connectivity index (χ1n) is 10.4. The van der Waals surface area contributed by atoms with Crippen molar-refractivity contribution >= 4 is 34.3 Å². The average molecular weight is 459 g/mol. The molecule has 0 fully saturated rings. The zero-order valence-corrected chi connectivity index (χ0v) is 18.5. The van der Waals surface area contributed by atoms with Crippen LogP contribution in [0.25, 0.3) is 0 Å². The number of hydrogen-bond acceptors (Lipinski definition) is 6. The normalized spacial score (nSPS) is 19.0. The van der Waals surface area contributed by atoms with Crippen LogP contribution in [0.2, 0.25) is 0 Å². The van der Waals surface area contributed by atoms with E-state index in [1.165, 1.54) is 0 Å². The molecule has 1 heterocycles. The molecule has 0 saturated carbocycles. The van der Waals surface area contributed by atoms with Gasteiger partial charge in [-0.25, -0.2) is 0 Å². The van der Waals surface area contributed by atoms with Crippen LogP contribution in [-0.4, -0.2) is 58.1 Å². The highest BCUT2D eigenvalue weighted by atomic mass is 32.2. The molecule has 0 aliphatic carbocycles. The molecule has 2 aromatic rings. The zero-order chi connectivity index (χ0) is 23.1. The minimum absolute atomic E-state index is 0.0762. The van der Waals surface area contributed by atoms with Crippen LogP contribution in [0.4, 0.5) is 5.69 Å². The van der Waals surface area contributed by atoms with Gasteiger partial charge in [-0.1, -0.05) is 42.5 Å². The van der Waals surface area contributed by atoms with Crippen LogP contribution in [0.5, 0.6) is 0 Å². The lowest BCUT2D eigenvalue weighted by Crippen LogP contribution is -2.54. The van der Waals surface area contributed by atoms with Crippen molar-refractivity contribution in [3.8, 4) is 0 Å². The number of esters is 1. The number of amides is 1. The highest BCUT2D eigenvalue weighted by Gasteiger charge is 2.37. The lowest BCUT2D eigenvalue weighted by atomic mass is 10.0. The Balaban J connectivity index is 1.85. The Kier molecular flexibility index (Phi) is 8.13. The minimum atomic E-state index is -1.56. The number of para-hydroxylation sites is 1. The van der Waals surface area contributed by atoms with Crippen molar-refractivity contribution in [3.63, 3.8) is 0 Å². The molecule has 0 saturated heterocycles. The third kappa shape index (κ3) is 5.80. The molecule has 2 aromatic carbocycles. The molecule has 1 unspecified atom stereocenters. The molecule has 1 amide bonds. The second kappa shape index (κ2) is 11.0. The number of carboxylic acid groups (broad SMARTS) is 1. The summed E-state index contributed by atoms with van der Waals surface area (Å²) in [6.45, 7) is 1.31. The van der Waals surface area contributed by atoms with Crippen molar-refractivity contribution < 1.29 is 28.4 Å². The summed E-state index contributed by atoms with van der Waals surface area (Å²) in [5, 5.41) is 12.4.